The average molecular weight is 354 g/mol. The summed E-state index contributed by atoms with van der Waals surface area (Å²) in [5.41, 5.74) is 6.41. The number of likely N-dealkylation sites (N-methyl/N-ethyl adjacent to an activating group) is 1. The lowest BCUT2D eigenvalue weighted by Crippen LogP contribution is -2.63. The van der Waals surface area contributed by atoms with E-state index in [1.165, 1.54) is 0 Å². The van der Waals surface area contributed by atoms with Crippen molar-refractivity contribution in [2.45, 2.75) is 44.6 Å². The number of rotatable bonds is 5. The van der Waals surface area contributed by atoms with E-state index in [2.05, 4.69) is 38.3 Å². The Morgan fingerprint density at radius 1 is 1.20 bits per heavy atom. The molecule has 0 radical (unpaired) electrons. The van der Waals surface area contributed by atoms with Gasteiger partial charge in [-0.05, 0) is 39.8 Å². The highest BCUT2D eigenvalue weighted by atomic mass is 16.5. The largest absolute Gasteiger partial charge is 0.466 e. The van der Waals surface area contributed by atoms with Crippen LogP contribution in [-0.4, -0.2) is 80.0 Å². The second kappa shape index (κ2) is 8.41. The number of nitrogens with zero attached hydrogens (tertiary/aromatic N) is 2. The summed E-state index contributed by atoms with van der Waals surface area (Å²) in [6.07, 6.45) is 2.27. The molecule has 3 rings (SSSR count). The third kappa shape index (κ3) is 4.48. The maximum Gasteiger partial charge on any atom is 0.312 e. The topological polar surface area (TPSA) is 98.0 Å². The fraction of sp³-hybridized carbons (Fsp3) is 0.875. The summed E-state index contributed by atoms with van der Waals surface area (Å²) in [5, 5.41) is 6.13. The Morgan fingerprint density at radius 2 is 2.04 bits per heavy atom. The Labute approximate surface area is 148 Å². The lowest BCUT2D eigenvalue weighted by atomic mass is 10.0. The molecule has 4 unspecified atom stereocenters. The Bertz CT molecular complexity index is 482. The molecule has 3 saturated heterocycles. The molecule has 0 saturated carbocycles. The smallest absolute Gasteiger partial charge is 0.312 e. The second-order valence-electron chi connectivity index (χ2n) is 7.06. The van der Waals surface area contributed by atoms with Crippen LogP contribution < -0.4 is 21.5 Å². The molecular formula is C16H30N6O3. The number of carbonyl (C=O) groups is 2. The van der Waals surface area contributed by atoms with E-state index >= 15 is 0 Å². The first-order chi connectivity index (χ1) is 12.1. The zero-order valence-corrected chi connectivity index (χ0v) is 15.1. The van der Waals surface area contributed by atoms with Crippen molar-refractivity contribution in [2.24, 2.45) is 5.92 Å². The Morgan fingerprint density at radius 3 is 2.68 bits per heavy atom. The monoisotopic (exact) mass is 354 g/mol. The number of hydrogen-bond donors (Lipinski definition) is 4. The number of amides is 1. The average Bonchev–Trinajstić information content (AvgIpc) is 3.24. The van der Waals surface area contributed by atoms with Crippen molar-refractivity contribution in [3.05, 3.63) is 0 Å². The molecular weight excluding hydrogens is 324 g/mol. The maximum absolute atomic E-state index is 12.5. The van der Waals surface area contributed by atoms with Gasteiger partial charge in [-0.15, -0.1) is 0 Å². The number of carbonyl (C=O) groups excluding carboxylic acids is 2. The SMILES string of the molecule is CCOC(=O)C1CCNC1NC(=O)C1CCC(N2CCN(C)C2)NN1. The van der Waals surface area contributed by atoms with E-state index in [9.17, 15) is 9.59 Å². The van der Waals surface area contributed by atoms with E-state index in [0.717, 1.165) is 32.6 Å². The summed E-state index contributed by atoms with van der Waals surface area (Å²) in [4.78, 5) is 29.2. The highest BCUT2D eigenvalue weighted by molar-refractivity contribution is 5.83. The van der Waals surface area contributed by atoms with Gasteiger partial charge in [0.05, 0.1) is 31.5 Å². The molecule has 9 nitrogen and oxygen atoms in total. The van der Waals surface area contributed by atoms with Crippen LogP contribution in [0, 0.1) is 5.92 Å². The van der Waals surface area contributed by atoms with Gasteiger partial charge in [0, 0.05) is 13.1 Å². The van der Waals surface area contributed by atoms with Crippen molar-refractivity contribution >= 4 is 11.9 Å². The second-order valence-corrected chi connectivity index (χ2v) is 7.06. The lowest BCUT2D eigenvalue weighted by molar-refractivity contribution is -0.148. The normalized spacial score (nSPS) is 34.2. The Kier molecular flexibility index (Phi) is 6.24. The van der Waals surface area contributed by atoms with Crippen LogP contribution in [0.1, 0.15) is 26.2 Å². The van der Waals surface area contributed by atoms with Gasteiger partial charge >= 0.3 is 5.97 Å². The summed E-state index contributed by atoms with van der Waals surface area (Å²) in [7, 11) is 2.11. The van der Waals surface area contributed by atoms with Gasteiger partial charge in [-0.1, -0.05) is 0 Å². The van der Waals surface area contributed by atoms with Gasteiger partial charge in [0.1, 0.15) is 6.04 Å². The minimum atomic E-state index is -0.349. The molecule has 3 aliphatic rings. The van der Waals surface area contributed by atoms with Crippen LogP contribution in [0.3, 0.4) is 0 Å². The highest BCUT2D eigenvalue weighted by Gasteiger charge is 2.37. The molecule has 0 aromatic carbocycles. The number of esters is 1. The minimum absolute atomic E-state index is 0.0850. The van der Waals surface area contributed by atoms with Gasteiger partial charge < -0.3 is 10.1 Å². The summed E-state index contributed by atoms with van der Waals surface area (Å²) < 4.78 is 5.10. The van der Waals surface area contributed by atoms with Crippen LogP contribution in [0.2, 0.25) is 0 Å². The summed E-state index contributed by atoms with van der Waals surface area (Å²) in [5.74, 6) is -0.641. The van der Waals surface area contributed by atoms with Crippen molar-refractivity contribution in [1.29, 1.82) is 0 Å². The molecule has 0 bridgehead atoms. The number of hydrogen-bond acceptors (Lipinski definition) is 8. The van der Waals surface area contributed by atoms with Crippen LogP contribution in [-0.2, 0) is 14.3 Å². The van der Waals surface area contributed by atoms with Crippen LogP contribution in [0.15, 0.2) is 0 Å². The molecule has 9 heteroatoms. The van der Waals surface area contributed by atoms with E-state index in [1.54, 1.807) is 6.92 Å². The van der Waals surface area contributed by atoms with Crippen LogP contribution in [0.25, 0.3) is 0 Å². The molecule has 0 spiro atoms. The molecule has 25 heavy (non-hydrogen) atoms. The quantitative estimate of drug-likeness (QED) is 0.438. The van der Waals surface area contributed by atoms with Gasteiger partial charge in [-0.25, -0.2) is 10.9 Å². The molecule has 0 aromatic rings. The van der Waals surface area contributed by atoms with Gasteiger partial charge in [-0.3, -0.25) is 24.7 Å². The fourth-order valence-electron chi connectivity index (χ4n) is 3.75. The molecule has 1 amide bonds. The maximum atomic E-state index is 12.5. The summed E-state index contributed by atoms with van der Waals surface area (Å²) in [6.45, 7) is 5.92. The highest BCUT2D eigenvalue weighted by Crippen LogP contribution is 2.17. The van der Waals surface area contributed by atoms with E-state index in [0.29, 0.717) is 19.6 Å². The first kappa shape index (κ1) is 18.5. The third-order valence-electron chi connectivity index (χ3n) is 5.21. The molecule has 3 aliphatic heterocycles. The standard InChI is InChI=1S/C16H30N6O3/c1-3-25-16(24)11-6-7-17-14(11)18-15(23)12-4-5-13(20-19-12)22-9-8-21(2)10-22/h11-14,17,19-20H,3-10H2,1-2H3,(H,18,23). The van der Waals surface area contributed by atoms with Crippen molar-refractivity contribution in [1.82, 2.24) is 31.3 Å². The number of hydrazine groups is 1. The summed E-state index contributed by atoms with van der Waals surface area (Å²) >= 11 is 0. The number of ether oxygens (including phenoxy) is 1. The van der Waals surface area contributed by atoms with Crippen LogP contribution in [0.5, 0.6) is 0 Å². The summed E-state index contributed by atoms with van der Waals surface area (Å²) in [6, 6.07) is -0.290. The number of nitrogens with one attached hydrogen (secondary N) is 4. The van der Waals surface area contributed by atoms with Crippen LogP contribution in [0.4, 0.5) is 0 Å². The zero-order chi connectivity index (χ0) is 17.8. The van der Waals surface area contributed by atoms with Gasteiger partial charge in [0.25, 0.3) is 0 Å². The van der Waals surface area contributed by atoms with Gasteiger partial charge in [0.2, 0.25) is 5.91 Å². The zero-order valence-electron chi connectivity index (χ0n) is 15.1. The molecule has 0 aromatic heterocycles. The molecule has 0 aliphatic carbocycles. The van der Waals surface area contributed by atoms with E-state index in [-0.39, 0.29) is 36.2 Å². The molecule has 3 heterocycles. The molecule has 4 atom stereocenters. The molecule has 142 valence electrons. The van der Waals surface area contributed by atoms with Gasteiger partial charge in [0.15, 0.2) is 0 Å². The first-order valence-corrected chi connectivity index (χ1v) is 9.22. The predicted molar refractivity (Wildman–Crippen MR) is 92.0 cm³/mol. The van der Waals surface area contributed by atoms with Gasteiger partial charge in [-0.2, -0.15) is 0 Å². The molecule has 3 fully saturated rings. The van der Waals surface area contributed by atoms with Crippen molar-refractivity contribution < 1.29 is 14.3 Å². The first-order valence-electron chi connectivity index (χ1n) is 9.22. The van der Waals surface area contributed by atoms with E-state index in [1.807, 2.05) is 0 Å². The lowest BCUT2D eigenvalue weighted by Gasteiger charge is -2.36. The van der Waals surface area contributed by atoms with E-state index < -0.39 is 0 Å². The predicted octanol–water partition coefficient (Wildman–Crippen LogP) is -1.61. The Hall–Kier alpha value is -1.26. The van der Waals surface area contributed by atoms with Crippen molar-refractivity contribution in [3.63, 3.8) is 0 Å². The van der Waals surface area contributed by atoms with Crippen molar-refractivity contribution in [3.8, 4) is 0 Å². The fourth-order valence-corrected chi connectivity index (χ4v) is 3.75. The van der Waals surface area contributed by atoms with Crippen LogP contribution >= 0.6 is 0 Å². The third-order valence-corrected chi connectivity index (χ3v) is 5.21. The van der Waals surface area contributed by atoms with E-state index in [4.69, 9.17) is 4.74 Å². The van der Waals surface area contributed by atoms with Crippen molar-refractivity contribution in [2.75, 3.05) is 40.0 Å². The minimum Gasteiger partial charge on any atom is -0.466 e. The Balaban J connectivity index is 1.45. The molecule has 4 N–H and O–H groups in total.